The summed E-state index contributed by atoms with van der Waals surface area (Å²) in [7, 11) is 0. The number of aromatic nitrogens is 1. The van der Waals surface area contributed by atoms with Crippen molar-refractivity contribution in [2.75, 3.05) is 0 Å². The fourth-order valence-corrected chi connectivity index (χ4v) is 5.14. The summed E-state index contributed by atoms with van der Waals surface area (Å²) in [5.41, 5.74) is 1.94. The molecule has 7 heteroatoms. The molecule has 2 rings (SSSR count). The van der Waals surface area contributed by atoms with Crippen LogP contribution in [-0.2, 0) is 14.3 Å². The molecule has 0 amide bonds. The van der Waals surface area contributed by atoms with Crippen molar-refractivity contribution < 1.29 is 23.8 Å². The second-order valence-electron chi connectivity index (χ2n) is 10.8. The highest BCUT2D eigenvalue weighted by molar-refractivity contribution is 7.09. The van der Waals surface area contributed by atoms with E-state index in [-0.39, 0.29) is 30.5 Å². The van der Waals surface area contributed by atoms with Crippen LogP contribution in [0.4, 0.5) is 4.39 Å². The topological polar surface area (TPSA) is 76.5 Å². The summed E-state index contributed by atoms with van der Waals surface area (Å²) in [6.45, 7) is 12.9. The molecule has 196 valence electrons. The molecule has 1 aromatic rings. The van der Waals surface area contributed by atoms with Crippen LogP contribution >= 0.6 is 11.3 Å². The van der Waals surface area contributed by atoms with E-state index in [2.05, 4.69) is 4.98 Å². The maximum Gasteiger partial charge on any atom is 0.306 e. The minimum absolute atomic E-state index is 0.103. The Morgan fingerprint density at radius 2 is 1.94 bits per heavy atom. The van der Waals surface area contributed by atoms with Gasteiger partial charge in [-0.25, -0.2) is 9.37 Å². The van der Waals surface area contributed by atoms with Crippen LogP contribution in [0.15, 0.2) is 22.6 Å². The summed E-state index contributed by atoms with van der Waals surface area (Å²) in [6.07, 6.45) is 3.57. The standard InChI is InChI=1S/C28H42FNO4S/c1-17-8-10-22(29)14-19(3)26(32)20(4)27(33)28(6,7)13-12-25(31)34-24(11-9-17)18(2)15-23-16-35-21(5)30-23/h9,15-16,19-20,22,24,26,32H,8,10-14H2,1-7H3/b17-9-,18-15+. The Morgan fingerprint density at radius 1 is 1.26 bits per heavy atom. The van der Waals surface area contributed by atoms with Crippen LogP contribution < -0.4 is 0 Å². The number of ketones is 1. The number of nitrogens with zero attached hydrogens (tertiary/aromatic N) is 1. The minimum atomic E-state index is -1.06. The highest BCUT2D eigenvalue weighted by Crippen LogP contribution is 2.32. The maximum absolute atomic E-state index is 14.7. The first kappa shape index (κ1) is 29.4. The van der Waals surface area contributed by atoms with Crippen LogP contribution in [-0.4, -0.2) is 40.2 Å². The molecule has 1 aromatic heterocycles. The number of allylic oxidation sites excluding steroid dienone is 1. The Labute approximate surface area is 213 Å². The predicted octanol–water partition coefficient (Wildman–Crippen LogP) is 6.63. The number of alkyl halides is 1. The molecule has 1 aliphatic rings. The number of carbonyl (C=O) groups is 2. The number of thiazole rings is 1. The van der Waals surface area contributed by atoms with Crippen LogP contribution in [0.1, 0.15) is 90.8 Å². The number of rotatable bonds is 2. The first-order valence-corrected chi connectivity index (χ1v) is 13.5. The van der Waals surface area contributed by atoms with Crippen molar-refractivity contribution in [1.29, 1.82) is 0 Å². The second-order valence-corrected chi connectivity index (χ2v) is 11.9. The van der Waals surface area contributed by atoms with E-state index in [1.165, 1.54) is 0 Å². The fourth-order valence-electron chi connectivity index (χ4n) is 4.57. The van der Waals surface area contributed by atoms with Gasteiger partial charge in [0.05, 0.1) is 16.8 Å². The number of ether oxygens (including phenoxy) is 1. The van der Waals surface area contributed by atoms with Crippen molar-refractivity contribution >= 4 is 29.2 Å². The summed E-state index contributed by atoms with van der Waals surface area (Å²) in [4.78, 5) is 30.5. The Hall–Kier alpha value is -1.86. The lowest BCUT2D eigenvalue weighted by molar-refractivity contribution is -0.148. The number of carbonyl (C=O) groups excluding carboxylic acids is 2. The van der Waals surface area contributed by atoms with Gasteiger partial charge >= 0.3 is 5.97 Å². The smallest absolute Gasteiger partial charge is 0.306 e. The monoisotopic (exact) mass is 507 g/mol. The van der Waals surface area contributed by atoms with Crippen molar-refractivity contribution in [2.24, 2.45) is 17.3 Å². The van der Waals surface area contributed by atoms with Gasteiger partial charge in [-0.15, -0.1) is 11.3 Å². The number of aliphatic hydroxyl groups excluding tert-OH is 1. The van der Waals surface area contributed by atoms with Gasteiger partial charge in [0.15, 0.2) is 0 Å². The van der Waals surface area contributed by atoms with Gasteiger partial charge in [0.1, 0.15) is 18.1 Å². The van der Waals surface area contributed by atoms with Crippen molar-refractivity contribution in [3.63, 3.8) is 0 Å². The number of hydrogen-bond acceptors (Lipinski definition) is 6. The molecule has 0 aromatic carbocycles. The van der Waals surface area contributed by atoms with E-state index in [4.69, 9.17) is 4.74 Å². The lowest BCUT2D eigenvalue weighted by Crippen LogP contribution is -2.39. The first-order chi connectivity index (χ1) is 16.3. The molecule has 5 atom stereocenters. The molecule has 0 spiro atoms. The number of aryl methyl sites for hydroxylation is 1. The quantitative estimate of drug-likeness (QED) is 0.359. The van der Waals surface area contributed by atoms with E-state index in [1.54, 1.807) is 39.0 Å². The normalized spacial score (nSPS) is 31.9. The van der Waals surface area contributed by atoms with Crippen LogP contribution in [0, 0.1) is 24.2 Å². The average molecular weight is 508 g/mol. The molecule has 0 fully saturated rings. The summed E-state index contributed by atoms with van der Waals surface area (Å²) in [6, 6.07) is 0. The Morgan fingerprint density at radius 3 is 2.57 bits per heavy atom. The zero-order valence-corrected chi connectivity index (χ0v) is 23.1. The summed E-state index contributed by atoms with van der Waals surface area (Å²) in [5, 5.41) is 13.7. The molecular formula is C28H42FNO4S. The minimum Gasteiger partial charge on any atom is -0.457 e. The third kappa shape index (κ3) is 8.94. The van der Waals surface area contributed by atoms with Gasteiger partial charge in [0.25, 0.3) is 0 Å². The molecule has 2 heterocycles. The highest BCUT2D eigenvalue weighted by atomic mass is 32.1. The molecule has 0 aliphatic carbocycles. The second kappa shape index (κ2) is 12.9. The zero-order chi connectivity index (χ0) is 26.3. The van der Waals surface area contributed by atoms with E-state index in [0.717, 1.165) is 21.8 Å². The van der Waals surface area contributed by atoms with Gasteiger partial charge in [-0.2, -0.15) is 0 Å². The molecule has 1 N–H and O–H groups in total. The molecule has 5 nitrogen and oxygen atoms in total. The third-order valence-electron chi connectivity index (χ3n) is 7.08. The van der Waals surface area contributed by atoms with Crippen LogP contribution in [0.25, 0.3) is 6.08 Å². The molecule has 0 bridgehead atoms. The van der Waals surface area contributed by atoms with E-state index >= 15 is 0 Å². The van der Waals surface area contributed by atoms with E-state index < -0.39 is 29.7 Å². The first-order valence-electron chi connectivity index (χ1n) is 12.6. The number of Topliss-reactive ketones (excluding diaryl/α,β-unsaturated/α-hetero) is 1. The predicted molar refractivity (Wildman–Crippen MR) is 140 cm³/mol. The summed E-state index contributed by atoms with van der Waals surface area (Å²) < 4.78 is 20.6. The van der Waals surface area contributed by atoms with Crippen LogP contribution in [0.5, 0.6) is 0 Å². The van der Waals surface area contributed by atoms with Gasteiger partial charge in [0.2, 0.25) is 0 Å². The van der Waals surface area contributed by atoms with Crippen molar-refractivity contribution in [3.8, 4) is 0 Å². The van der Waals surface area contributed by atoms with Crippen LogP contribution in [0.3, 0.4) is 0 Å². The Balaban J connectivity index is 2.29. The maximum atomic E-state index is 14.7. The van der Waals surface area contributed by atoms with Gasteiger partial charge < -0.3 is 9.84 Å². The van der Waals surface area contributed by atoms with Gasteiger partial charge in [-0.1, -0.05) is 39.3 Å². The summed E-state index contributed by atoms with van der Waals surface area (Å²) in [5.74, 6) is -1.46. The molecule has 0 saturated carbocycles. The number of hydrogen-bond donors (Lipinski definition) is 1. The number of cyclic esters (lactones) is 1. The average Bonchev–Trinajstić information content (AvgIpc) is 3.21. The largest absolute Gasteiger partial charge is 0.457 e. The number of aliphatic hydroxyl groups is 1. The van der Waals surface area contributed by atoms with Gasteiger partial charge in [-0.3, -0.25) is 9.59 Å². The molecular weight excluding hydrogens is 465 g/mol. The lowest BCUT2D eigenvalue weighted by Gasteiger charge is -2.31. The van der Waals surface area contributed by atoms with E-state index in [9.17, 15) is 19.1 Å². The van der Waals surface area contributed by atoms with E-state index in [1.807, 2.05) is 38.3 Å². The van der Waals surface area contributed by atoms with E-state index in [0.29, 0.717) is 25.7 Å². The highest BCUT2D eigenvalue weighted by Gasteiger charge is 2.37. The molecule has 1 aliphatic heterocycles. The van der Waals surface area contributed by atoms with Gasteiger partial charge in [0, 0.05) is 29.6 Å². The van der Waals surface area contributed by atoms with Crippen molar-refractivity contribution in [2.45, 2.75) is 105 Å². The summed E-state index contributed by atoms with van der Waals surface area (Å²) >= 11 is 1.56. The molecule has 0 saturated heterocycles. The SMILES string of the molecule is C/C1=C/CC(/C(C)=C/c2csc(C)n2)OC(=O)CCC(C)(C)C(=O)C(C)C(O)C(C)CC(F)CC1. The fraction of sp³-hybridized carbons (Fsp3) is 0.679. The molecule has 5 unspecified atom stereocenters. The Kier molecular flexibility index (Phi) is 10.8. The Bertz CT molecular complexity index is 935. The van der Waals surface area contributed by atoms with Crippen molar-refractivity contribution in [1.82, 2.24) is 4.98 Å². The number of esters is 1. The van der Waals surface area contributed by atoms with Gasteiger partial charge in [-0.05, 0) is 64.0 Å². The molecule has 0 radical (unpaired) electrons. The van der Waals surface area contributed by atoms with Crippen molar-refractivity contribution in [3.05, 3.63) is 33.3 Å². The lowest BCUT2D eigenvalue weighted by atomic mass is 9.74. The van der Waals surface area contributed by atoms with Crippen LogP contribution in [0.2, 0.25) is 0 Å². The third-order valence-corrected chi connectivity index (χ3v) is 7.88. The molecule has 35 heavy (non-hydrogen) atoms. The number of halogens is 1. The zero-order valence-electron chi connectivity index (χ0n) is 22.3.